The number of fused-ring (bicyclic) bond motifs is 2. The fraction of sp³-hybridized carbons (Fsp3) is 0.351. The van der Waals surface area contributed by atoms with E-state index in [0.29, 0.717) is 11.8 Å². The van der Waals surface area contributed by atoms with Gasteiger partial charge < -0.3 is 0 Å². The number of halogens is 2. The maximum absolute atomic E-state index is 4.93. The Morgan fingerprint density at radius 1 is 0.810 bits per heavy atom. The van der Waals surface area contributed by atoms with Crippen LogP contribution in [-0.2, 0) is 20.8 Å². The first kappa shape index (κ1) is 37.0. The number of aryl methyl sites for hydroxylation is 1. The van der Waals surface area contributed by atoms with E-state index in [9.17, 15) is 0 Å². The molecule has 5 aromatic carbocycles. The zero-order chi connectivity index (χ0) is 31.4. The van der Waals surface area contributed by atoms with Crippen LogP contribution in [0.1, 0.15) is 62.6 Å². The molecule has 0 saturated heterocycles. The van der Waals surface area contributed by atoms with Crippen molar-refractivity contribution in [3.8, 4) is 11.1 Å². The van der Waals surface area contributed by atoms with Crippen LogP contribution in [-0.4, -0.2) is 17.6 Å². The number of rotatable bonds is 5. The third-order valence-corrected chi connectivity index (χ3v) is 9.64. The molecule has 5 heteroatoms. The Labute approximate surface area is 278 Å². The minimum absolute atomic E-state index is 0.622. The Morgan fingerprint density at radius 2 is 1.36 bits per heavy atom. The quantitative estimate of drug-likeness (QED) is 0.126. The molecular weight excluding hydrogens is 663 g/mol. The van der Waals surface area contributed by atoms with Crippen LogP contribution in [0.3, 0.4) is 0 Å². The number of benzene rings is 3. The van der Waals surface area contributed by atoms with E-state index in [0.717, 1.165) is 9.52 Å². The summed E-state index contributed by atoms with van der Waals surface area (Å²) in [6.45, 7) is 22.7. The van der Waals surface area contributed by atoms with Gasteiger partial charge in [0.1, 0.15) is 0 Å². The molecule has 0 aliphatic heterocycles. The Hall–Kier alpha value is -1.22. The molecule has 1 atom stereocenters. The zero-order valence-corrected chi connectivity index (χ0v) is 33.2. The van der Waals surface area contributed by atoms with E-state index in [1.807, 2.05) is 0 Å². The molecule has 0 amide bonds. The number of hydrogen-bond acceptors (Lipinski definition) is 0. The van der Waals surface area contributed by atoms with E-state index in [2.05, 4.69) is 152 Å². The van der Waals surface area contributed by atoms with Gasteiger partial charge in [-0.1, -0.05) is 126 Å². The first-order valence-corrected chi connectivity index (χ1v) is 26.8. The molecule has 0 N–H and O–H groups in total. The minimum atomic E-state index is -1.21. The molecule has 222 valence electrons. The summed E-state index contributed by atoms with van der Waals surface area (Å²) in [5, 5.41) is 7.09. The summed E-state index contributed by atoms with van der Waals surface area (Å²) < 4.78 is 0. The Balaban J connectivity index is 0.000000252. The fourth-order valence-corrected chi connectivity index (χ4v) is 6.22. The van der Waals surface area contributed by atoms with E-state index < -0.39 is 28.9 Å². The van der Waals surface area contributed by atoms with Crippen molar-refractivity contribution in [3.63, 3.8) is 0 Å². The van der Waals surface area contributed by atoms with Gasteiger partial charge in [-0.25, -0.2) is 0 Å². The van der Waals surface area contributed by atoms with Gasteiger partial charge in [0.15, 0.2) is 0 Å². The van der Waals surface area contributed by atoms with Crippen LogP contribution in [0, 0.1) is 6.92 Å². The molecule has 0 bridgehead atoms. The van der Waals surface area contributed by atoms with E-state index in [-0.39, 0.29) is 0 Å². The molecule has 5 rings (SSSR count). The third-order valence-electron chi connectivity index (χ3n) is 7.57. The molecule has 2 radical (unpaired) electrons. The van der Waals surface area contributed by atoms with Crippen LogP contribution in [0.4, 0.5) is 0 Å². The Bertz CT molecular complexity index is 1490. The summed E-state index contributed by atoms with van der Waals surface area (Å²) in [4.78, 5) is 0. The van der Waals surface area contributed by atoms with Gasteiger partial charge in [-0.05, 0) is 17.4 Å². The predicted molar refractivity (Wildman–Crippen MR) is 194 cm³/mol. The fourth-order valence-electron chi connectivity index (χ4n) is 5.05. The molecule has 0 spiro atoms. The molecule has 0 aromatic heterocycles. The van der Waals surface area contributed by atoms with Gasteiger partial charge in [-0.15, -0.1) is 69.1 Å². The summed E-state index contributed by atoms with van der Waals surface area (Å²) in [6, 6.07) is 31.7. The van der Waals surface area contributed by atoms with Crippen LogP contribution in [0.15, 0.2) is 84.9 Å². The summed E-state index contributed by atoms with van der Waals surface area (Å²) >= 11 is -0.826. The van der Waals surface area contributed by atoms with Crippen molar-refractivity contribution in [2.45, 2.75) is 85.6 Å². The van der Waals surface area contributed by atoms with Gasteiger partial charge in [-0.3, -0.25) is 0 Å². The molecule has 0 heterocycles. The van der Waals surface area contributed by atoms with Crippen LogP contribution in [0.25, 0.3) is 32.7 Å². The molecule has 42 heavy (non-hydrogen) atoms. The van der Waals surface area contributed by atoms with Crippen LogP contribution in [0.2, 0.25) is 32.7 Å². The van der Waals surface area contributed by atoms with E-state index in [4.69, 9.17) is 17.0 Å². The van der Waals surface area contributed by atoms with Gasteiger partial charge in [0.2, 0.25) is 0 Å². The van der Waals surface area contributed by atoms with Crippen LogP contribution < -0.4 is 5.19 Å². The first-order chi connectivity index (χ1) is 19.9. The Kier molecular flexibility index (Phi) is 15.8. The van der Waals surface area contributed by atoms with Crippen molar-refractivity contribution >= 4 is 61.4 Å². The summed E-state index contributed by atoms with van der Waals surface area (Å²) in [7, 11) is 9.74. The molecule has 5 aromatic rings. The first-order valence-electron chi connectivity index (χ1n) is 14.9. The molecule has 0 saturated carbocycles. The van der Waals surface area contributed by atoms with E-state index in [1.165, 1.54) is 61.0 Å². The van der Waals surface area contributed by atoms with Crippen molar-refractivity contribution in [2.75, 3.05) is 0 Å². The van der Waals surface area contributed by atoms with Crippen LogP contribution in [0.5, 0.6) is 0 Å². The van der Waals surface area contributed by atoms with E-state index >= 15 is 0 Å². The van der Waals surface area contributed by atoms with Crippen molar-refractivity contribution in [2.24, 2.45) is 0 Å². The second-order valence-electron chi connectivity index (χ2n) is 12.3. The number of hydrogen-bond donors (Lipinski definition) is 0. The van der Waals surface area contributed by atoms with Crippen LogP contribution >= 0.6 is 17.0 Å². The summed E-state index contributed by atoms with van der Waals surface area (Å²) in [6.07, 6.45) is 1.21. The van der Waals surface area contributed by atoms with Gasteiger partial charge in [0.25, 0.3) is 0 Å². The van der Waals surface area contributed by atoms with Gasteiger partial charge >= 0.3 is 37.9 Å². The van der Waals surface area contributed by atoms with Crippen molar-refractivity contribution in [1.29, 1.82) is 0 Å². The second-order valence-corrected chi connectivity index (χ2v) is 22.2. The standard InChI is InChI=1S/C19H21Si.C16H21.C2H6Si.2ClH.Zr/c1-14-12-16-6-5-7-18(19(16)13-14)15-8-10-17(11-9-15)20(2,3)4;1-5-12(4)15-8-6-7-13-9-14(11(2)3)10-16(13)15;1-3-2;;;/h5-13H,1-4H3;6-12H,5H2,1-4H3;1-2H3;2*1H;/q2*-1;;;;+4/p-2. The normalized spacial score (nSPS) is 11.5. The van der Waals surface area contributed by atoms with Crippen molar-refractivity contribution in [1.82, 2.24) is 0 Å². The second kappa shape index (κ2) is 17.9. The molecule has 1 unspecified atom stereocenters. The zero-order valence-electron chi connectivity index (χ0n) is 27.2. The molecule has 0 fully saturated rings. The van der Waals surface area contributed by atoms with Crippen molar-refractivity contribution in [3.05, 3.63) is 102 Å². The van der Waals surface area contributed by atoms with Crippen molar-refractivity contribution < 1.29 is 20.8 Å². The van der Waals surface area contributed by atoms with E-state index in [1.54, 1.807) is 0 Å². The van der Waals surface area contributed by atoms with Gasteiger partial charge in [-0.2, -0.15) is 12.1 Å². The average molecular weight is 711 g/mol. The third kappa shape index (κ3) is 10.4. The topological polar surface area (TPSA) is 0 Å². The van der Waals surface area contributed by atoms with Gasteiger partial charge in [0, 0.05) is 9.52 Å². The maximum atomic E-state index is 4.93. The molecular formula is C37H48Cl2Si2Zr. The summed E-state index contributed by atoms with van der Waals surface area (Å²) in [5.74, 6) is 1.28. The molecule has 0 nitrogen and oxygen atoms in total. The molecule has 0 aliphatic carbocycles. The Morgan fingerprint density at radius 3 is 1.88 bits per heavy atom. The SMILES string of the molecule is CCC(C)c1cccc2[cH-]c(C(C)C)cc12.C[Si]C.Cc1cc2c(-c3ccc([Si](C)(C)C)cc3)cccc2[cH-]1.[Cl][Zr+2][Cl]. The monoisotopic (exact) mass is 708 g/mol. The average Bonchev–Trinajstić information content (AvgIpc) is 3.56. The molecule has 0 aliphatic rings. The summed E-state index contributed by atoms with van der Waals surface area (Å²) in [5.41, 5.74) is 6.98. The predicted octanol–water partition coefficient (Wildman–Crippen LogP) is 12.4. The van der Waals surface area contributed by atoms with Gasteiger partial charge in [0.05, 0.1) is 8.07 Å².